The van der Waals surface area contributed by atoms with Gasteiger partial charge in [-0.15, -0.1) is 0 Å². The Kier molecular flexibility index (Phi) is 5.41. The molecule has 110 valence electrons. The van der Waals surface area contributed by atoms with Crippen molar-refractivity contribution < 1.29 is 4.79 Å². The largest absolute Gasteiger partial charge is 0.399 e. The van der Waals surface area contributed by atoms with E-state index in [9.17, 15) is 4.79 Å². The molecule has 0 bridgehead atoms. The number of carbonyl (C=O) groups is 1. The van der Waals surface area contributed by atoms with E-state index in [2.05, 4.69) is 17.3 Å². The van der Waals surface area contributed by atoms with Crippen LogP contribution in [0, 0.1) is 5.92 Å². The minimum absolute atomic E-state index is 0.0626. The summed E-state index contributed by atoms with van der Waals surface area (Å²) in [6.07, 6.45) is 5.60. The lowest BCUT2D eigenvalue weighted by Gasteiger charge is -2.30. The molecule has 4 heteroatoms. The molecule has 3 N–H and O–H groups in total. The lowest BCUT2D eigenvalue weighted by molar-refractivity contribution is -0.116. The van der Waals surface area contributed by atoms with Crippen molar-refractivity contribution >= 4 is 17.3 Å². The van der Waals surface area contributed by atoms with Crippen molar-refractivity contribution in [2.45, 2.75) is 32.1 Å². The maximum atomic E-state index is 11.8. The van der Waals surface area contributed by atoms with Crippen LogP contribution in [-0.4, -0.2) is 30.9 Å². The Labute approximate surface area is 121 Å². The van der Waals surface area contributed by atoms with Gasteiger partial charge in [-0.05, 0) is 57.0 Å². The summed E-state index contributed by atoms with van der Waals surface area (Å²) in [5, 5.41) is 2.88. The van der Waals surface area contributed by atoms with E-state index >= 15 is 0 Å². The molecule has 20 heavy (non-hydrogen) atoms. The zero-order valence-corrected chi connectivity index (χ0v) is 12.3. The normalized spacial score (nSPS) is 15.1. The van der Waals surface area contributed by atoms with Crippen molar-refractivity contribution in [2.24, 2.45) is 5.92 Å². The van der Waals surface area contributed by atoms with E-state index < -0.39 is 0 Å². The summed E-state index contributed by atoms with van der Waals surface area (Å²) in [4.78, 5) is 14.2. The van der Waals surface area contributed by atoms with Crippen molar-refractivity contribution in [1.82, 2.24) is 4.90 Å². The zero-order chi connectivity index (χ0) is 14.4. The van der Waals surface area contributed by atoms with E-state index in [-0.39, 0.29) is 5.91 Å². The molecule has 0 saturated heterocycles. The predicted molar refractivity (Wildman–Crippen MR) is 83.6 cm³/mol. The Morgan fingerprint density at radius 2 is 2.25 bits per heavy atom. The highest BCUT2D eigenvalue weighted by Crippen LogP contribution is 2.26. The number of rotatable bonds is 7. The molecule has 0 aliphatic heterocycles. The first kappa shape index (κ1) is 14.9. The standard InChI is InChI=1S/C16H25N3O/c1-19(12-13-5-2-6-13)10-4-9-16(20)18-15-8-3-7-14(17)11-15/h3,7-8,11,13H,2,4-6,9-10,12,17H2,1H3,(H,18,20). The van der Waals surface area contributed by atoms with E-state index in [0.717, 1.165) is 24.6 Å². The van der Waals surface area contributed by atoms with Crippen LogP contribution in [0.15, 0.2) is 24.3 Å². The van der Waals surface area contributed by atoms with Crippen LogP contribution in [0.3, 0.4) is 0 Å². The SMILES string of the molecule is CN(CCCC(=O)Nc1cccc(N)c1)CC1CCC1. The number of benzene rings is 1. The van der Waals surface area contributed by atoms with E-state index in [4.69, 9.17) is 5.73 Å². The minimum Gasteiger partial charge on any atom is -0.399 e. The first-order chi connectivity index (χ1) is 9.63. The highest BCUT2D eigenvalue weighted by molar-refractivity contribution is 5.91. The number of nitrogens with zero attached hydrogens (tertiary/aromatic N) is 1. The third-order valence-electron chi connectivity index (χ3n) is 3.91. The number of amides is 1. The highest BCUT2D eigenvalue weighted by atomic mass is 16.1. The average Bonchev–Trinajstić information content (AvgIpc) is 2.34. The Morgan fingerprint density at radius 1 is 1.45 bits per heavy atom. The van der Waals surface area contributed by atoms with Gasteiger partial charge in [0.05, 0.1) is 0 Å². The van der Waals surface area contributed by atoms with Crippen LogP contribution in [0.1, 0.15) is 32.1 Å². The Balaban J connectivity index is 1.62. The molecule has 0 atom stereocenters. The Morgan fingerprint density at radius 3 is 2.90 bits per heavy atom. The molecule has 1 aromatic rings. The van der Waals surface area contributed by atoms with E-state index in [1.807, 2.05) is 18.2 Å². The summed E-state index contributed by atoms with van der Waals surface area (Å²) < 4.78 is 0. The van der Waals surface area contributed by atoms with Crippen LogP contribution < -0.4 is 11.1 Å². The smallest absolute Gasteiger partial charge is 0.224 e. The van der Waals surface area contributed by atoms with Crippen LogP contribution in [0.4, 0.5) is 11.4 Å². The van der Waals surface area contributed by atoms with E-state index in [1.54, 1.807) is 6.07 Å². The van der Waals surface area contributed by atoms with E-state index in [0.29, 0.717) is 12.1 Å². The topological polar surface area (TPSA) is 58.4 Å². The fourth-order valence-corrected chi connectivity index (χ4v) is 2.56. The van der Waals surface area contributed by atoms with Crippen molar-refractivity contribution in [3.63, 3.8) is 0 Å². The fourth-order valence-electron chi connectivity index (χ4n) is 2.56. The molecule has 1 aromatic carbocycles. The molecule has 0 unspecified atom stereocenters. The molecule has 1 fully saturated rings. The summed E-state index contributed by atoms with van der Waals surface area (Å²) in [5.41, 5.74) is 7.13. The quantitative estimate of drug-likeness (QED) is 0.752. The molecule has 1 aliphatic carbocycles. The van der Waals surface area contributed by atoms with Crippen LogP contribution in [0.25, 0.3) is 0 Å². The third-order valence-corrected chi connectivity index (χ3v) is 3.91. The molecule has 0 aromatic heterocycles. The van der Waals surface area contributed by atoms with Crippen molar-refractivity contribution in [1.29, 1.82) is 0 Å². The molecule has 0 heterocycles. The van der Waals surface area contributed by atoms with Crippen molar-refractivity contribution in [3.05, 3.63) is 24.3 Å². The molecule has 1 aliphatic rings. The average molecular weight is 275 g/mol. The number of anilines is 2. The Hall–Kier alpha value is -1.55. The summed E-state index contributed by atoms with van der Waals surface area (Å²) in [7, 11) is 2.15. The number of carbonyl (C=O) groups excluding carboxylic acids is 1. The van der Waals surface area contributed by atoms with Crippen LogP contribution in [0.2, 0.25) is 0 Å². The molecule has 0 spiro atoms. The molecular formula is C16H25N3O. The van der Waals surface area contributed by atoms with Gasteiger partial charge < -0.3 is 16.0 Å². The van der Waals surface area contributed by atoms with Gasteiger partial charge in [-0.3, -0.25) is 4.79 Å². The van der Waals surface area contributed by atoms with Gasteiger partial charge in [-0.1, -0.05) is 12.5 Å². The molecule has 1 saturated carbocycles. The monoisotopic (exact) mass is 275 g/mol. The number of hydrogen-bond donors (Lipinski definition) is 2. The second-order valence-electron chi connectivity index (χ2n) is 5.84. The second kappa shape index (κ2) is 7.29. The van der Waals surface area contributed by atoms with Gasteiger partial charge >= 0.3 is 0 Å². The maximum absolute atomic E-state index is 11.8. The summed E-state index contributed by atoms with van der Waals surface area (Å²) in [5.74, 6) is 0.953. The minimum atomic E-state index is 0.0626. The van der Waals surface area contributed by atoms with Crippen LogP contribution in [0.5, 0.6) is 0 Å². The maximum Gasteiger partial charge on any atom is 0.224 e. The molecule has 1 amide bonds. The third kappa shape index (κ3) is 4.85. The van der Waals surface area contributed by atoms with Gasteiger partial charge in [-0.25, -0.2) is 0 Å². The van der Waals surface area contributed by atoms with Gasteiger partial charge in [-0.2, -0.15) is 0 Å². The fraction of sp³-hybridized carbons (Fsp3) is 0.562. The lowest BCUT2D eigenvalue weighted by atomic mass is 9.85. The number of hydrogen-bond acceptors (Lipinski definition) is 3. The number of nitrogen functional groups attached to an aromatic ring is 1. The molecule has 2 rings (SSSR count). The van der Waals surface area contributed by atoms with Crippen molar-refractivity contribution in [2.75, 3.05) is 31.2 Å². The Bertz CT molecular complexity index is 443. The van der Waals surface area contributed by atoms with Gasteiger partial charge in [0.15, 0.2) is 0 Å². The lowest BCUT2D eigenvalue weighted by Crippen LogP contribution is -2.30. The second-order valence-corrected chi connectivity index (χ2v) is 5.84. The predicted octanol–water partition coefficient (Wildman–Crippen LogP) is 2.72. The van der Waals surface area contributed by atoms with Gasteiger partial charge in [0, 0.05) is 24.3 Å². The molecule has 0 radical (unpaired) electrons. The van der Waals surface area contributed by atoms with Gasteiger partial charge in [0.25, 0.3) is 0 Å². The summed E-state index contributed by atoms with van der Waals surface area (Å²) in [6.45, 7) is 2.16. The van der Waals surface area contributed by atoms with Gasteiger partial charge in [0.2, 0.25) is 5.91 Å². The molecular weight excluding hydrogens is 250 g/mol. The first-order valence-corrected chi connectivity index (χ1v) is 7.47. The number of nitrogens with two attached hydrogens (primary N) is 1. The van der Waals surface area contributed by atoms with Crippen LogP contribution >= 0.6 is 0 Å². The van der Waals surface area contributed by atoms with E-state index in [1.165, 1.54) is 25.8 Å². The summed E-state index contributed by atoms with van der Waals surface area (Å²) >= 11 is 0. The number of nitrogens with one attached hydrogen (secondary N) is 1. The zero-order valence-electron chi connectivity index (χ0n) is 12.3. The van der Waals surface area contributed by atoms with Crippen LogP contribution in [-0.2, 0) is 4.79 Å². The highest BCUT2D eigenvalue weighted by Gasteiger charge is 2.18. The first-order valence-electron chi connectivity index (χ1n) is 7.47. The molecule has 4 nitrogen and oxygen atoms in total. The van der Waals surface area contributed by atoms with Gasteiger partial charge in [0.1, 0.15) is 0 Å². The summed E-state index contributed by atoms with van der Waals surface area (Å²) in [6, 6.07) is 7.29. The van der Waals surface area contributed by atoms with Crippen molar-refractivity contribution in [3.8, 4) is 0 Å².